The van der Waals surface area contributed by atoms with Crippen LogP contribution in [0, 0.1) is 18.6 Å². The maximum atomic E-state index is 13.4. The molecule has 0 fully saturated rings. The number of halogens is 2. The van der Waals surface area contributed by atoms with E-state index in [4.69, 9.17) is 4.74 Å². The fraction of sp³-hybridized carbons (Fsp3) is 0.417. The third-order valence-electron chi connectivity index (χ3n) is 2.34. The average molecular weight is 243 g/mol. The lowest BCUT2D eigenvalue weighted by molar-refractivity contribution is 0.0982. The summed E-state index contributed by atoms with van der Waals surface area (Å²) in [5.41, 5.74) is -0.0376. The molecule has 5 heteroatoms. The third kappa shape index (κ3) is 3.57. The van der Waals surface area contributed by atoms with Gasteiger partial charge in [-0.15, -0.1) is 0 Å². The molecular weight excluding hydrogens is 228 g/mol. The normalized spacial score (nSPS) is 10.6. The Morgan fingerprint density at radius 1 is 1.35 bits per heavy atom. The van der Waals surface area contributed by atoms with Crippen LogP contribution in [0.25, 0.3) is 0 Å². The molecule has 0 heterocycles. The Labute approximate surface area is 98.8 Å². The van der Waals surface area contributed by atoms with Crippen molar-refractivity contribution >= 4 is 5.78 Å². The number of rotatable bonds is 6. The molecule has 0 saturated carbocycles. The van der Waals surface area contributed by atoms with Gasteiger partial charge < -0.3 is 10.1 Å². The van der Waals surface area contributed by atoms with Crippen molar-refractivity contribution in [3.8, 4) is 0 Å². The predicted molar refractivity (Wildman–Crippen MR) is 60.2 cm³/mol. The second-order valence-electron chi connectivity index (χ2n) is 3.65. The molecule has 1 aromatic carbocycles. The van der Waals surface area contributed by atoms with E-state index in [1.165, 1.54) is 19.1 Å². The summed E-state index contributed by atoms with van der Waals surface area (Å²) in [6.07, 6.45) is 0. The van der Waals surface area contributed by atoms with Crippen LogP contribution in [-0.4, -0.2) is 32.6 Å². The van der Waals surface area contributed by atoms with Gasteiger partial charge in [0.05, 0.1) is 18.7 Å². The van der Waals surface area contributed by atoms with E-state index in [0.29, 0.717) is 13.2 Å². The Morgan fingerprint density at radius 2 is 2.06 bits per heavy atom. The molecule has 1 rings (SSSR count). The highest BCUT2D eigenvalue weighted by Gasteiger charge is 2.16. The second-order valence-corrected chi connectivity index (χ2v) is 3.65. The molecule has 1 aromatic rings. The summed E-state index contributed by atoms with van der Waals surface area (Å²) in [4.78, 5) is 11.6. The number of nitrogens with one attached hydrogen (secondary N) is 1. The van der Waals surface area contributed by atoms with Crippen LogP contribution in [0.4, 0.5) is 8.78 Å². The number of hydrogen-bond acceptors (Lipinski definition) is 3. The van der Waals surface area contributed by atoms with Crippen LogP contribution in [0.5, 0.6) is 0 Å². The summed E-state index contributed by atoms with van der Waals surface area (Å²) in [5.74, 6) is -2.52. The second kappa shape index (κ2) is 6.42. The number of aryl methyl sites for hydroxylation is 1. The van der Waals surface area contributed by atoms with Crippen LogP contribution in [0.1, 0.15) is 15.9 Å². The first-order valence-electron chi connectivity index (χ1n) is 5.25. The van der Waals surface area contributed by atoms with E-state index in [1.54, 1.807) is 7.11 Å². The SMILES string of the molecule is COCCNCC(=O)c1ccc(C)c(F)c1F. The minimum atomic E-state index is -1.08. The summed E-state index contributed by atoms with van der Waals surface area (Å²) < 4.78 is 31.4. The summed E-state index contributed by atoms with van der Waals surface area (Å²) in [6.45, 7) is 2.35. The quantitative estimate of drug-likeness (QED) is 0.610. The lowest BCUT2D eigenvalue weighted by Gasteiger charge is -2.06. The van der Waals surface area contributed by atoms with Gasteiger partial charge in [0.15, 0.2) is 17.4 Å². The zero-order valence-corrected chi connectivity index (χ0v) is 9.85. The van der Waals surface area contributed by atoms with E-state index in [1.807, 2.05) is 0 Å². The minimum Gasteiger partial charge on any atom is -0.383 e. The molecule has 0 radical (unpaired) electrons. The van der Waals surface area contributed by atoms with Crippen molar-refractivity contribution in [2.45, 2.75) is 6.92 Å². The zero-order valence-electron chi connectivity index (χ0n) is 9.85. The predicted octanol–water partition coefficient (Wildman–Crippen LogP) is 1.69. The fourth-order valence-electron chi connectivity index (χ4n) is 1.33. The Balaban J connectivity index is 2.66. The monoisotopic (exact) mass is 243 g/mol. The van der Waals surface area contributed by atoms with Crippen LogP contribution >= 0.6 is 0 Å². The Hall–Kier alpha value is -1.33. The number of methoxy groups -OCH3 is 1. The zero-order chi connectivity index (χ0) is 12.8. The van der Waals surface area contributed by atoms with Crippen LogP contribution in [0.3, 0.4) is 0 Å². The fourth-order valence-corrected chi connectivity index (χ4v) is 1.33. The van der Waals surface area contributed by atoms with Gasteiger partial charge >= 0.3 is 0 Å². The average Bonchev–Trinajstić information content (AvgIpc) is 2.31. The maximum Gasteiger partial charge on any atom is 0.179 e. The van der Waals surface area contributed by atoms with E-state index >= 15 is 0 Å². The van der Waals surface area contributed by atoms with Crippen molar-refractivity contribution < 1.29 is 18.3 Å². The molecule has 0 aliphatic rings. The van der Waals surface area contributed by atoms with Crippen molar-refractivity contribution in [3.63, 3.8) is 0 Å². The summed E-state index contributed by atoms with van der Waals surface area (Å²) in [6, 6.07) is 2.69. The Kier molecular flexibility index (Phi) is 5.18. The molecule has 0 saturated heterocycles. The van der Waals surface area contributed by atoms with Crippen molar-refractivity contribution in [1.82, 2.24) is 5.32 Å². The topological polar surface area (TPSA) is 38.3 Å². The van der Waals surface area contributed by atoms with Crippen molar-refractivity contribution in [2.24, 2.45) is 0 Å². The third-order valence-corrected chi connectivity index (χ3v) is 2.34. The largest absolute Gasteiger partial charge is 0.383 e. The number of ether oxygens (including phenoxy) is 1. The molecule has 0 atom stereocenters. The van der Waals surface area contributed by atoms with Crippen LogP contribution in [-0.2, 0) is 4.74 Å². The number of benzene rings is 1. The smallest absolute Gasteiger partial charge is 0.179 e. The van der Waals surface area contributed by atoms with Crippen LogP contribution < -0.4 is 5.32 Å². The summed E-state index contributed by atoms with van der Waals surface area (Å²) in [7, 11) is 1.54. The first-order chi connectivity index (χ1) is 8.07. The lowest BCUT2D eigenvalue weighted by atomic mass is 10.1. The molecule has 0 spiro atoms. The van der Waals surface area contributed by atoms with Gasteiger partial charge in [-0.25, -0.2) is 8.78 Å². The molecule has 17 heavy (non-hydrogen) atoms. The van der Waals surface area contributed by atoms with Crippen LogP contribution in [0.15, 0.2) is 12.1 Å². The molecule has 3 nitrogen and oxygen atoms in total. The minimum absolute atomic E-state index is 0.0389. The van der Waals surface area contributed by atoms with Crippen LogP contribution in [0.2, 0.25) is 0 Å². The molecule has 94 valence electrons. The molecule has 0 bridgehead atoms. The Morgan fingerprint density at radius 3 is 2.71 bits per heavy atom. The van der Waals surface area contributed by atoms with E-state index in [0.717, 1.165) is 0 Å². The van der Waals surface area contributed by atoms with E-state index in [9.17, 15) is 13.6 Å². The van der Waals surface area contributed by atoms with Gasteiger partial charge in [0.2, 0.25) is 0 Å². The number of ketones is 1. The van der Waals surface area contributed by atoms with Gasteiger partial charge in [-0.1, -0.05) is 6.07 Å². The maximum absolute atomic E-state index is 13.4. The van der Waals surface area contributed by atoms with Gasteiger partial charge in [0.25, 0.3) is 0 Å². The number of Topliss-reactive ketones (excluding diaryl/α,β-unsaturated/α-hetero) is 1. The highest BCUT2D eigenvalue weighted by Crippen LogP contribution is 2.15. The molecule has 0 amide bonds. The van der Waals surface area contributed by atoms with E-state index in [2.05, 4.69) is 5.32 Å². The number of hydrogen-bond donors (Lipinski definition) is 1. The van der Waals surface area contributed by atoms with Crippen molar-refractivity contribution in [1.29, 1.82) is 0 Å². The highest BCUT2D eigenvalue weighted by atomic mass is 19.2. The van der Waals surface area contributed by atoms with Gasteiger partial charge in [-0.2, -0.15) is 0 Å². The van der Waals surface area contributed by atoms with Gasteiger partial charge in [0.1, 0.15) is 0 Å². The van der Waals surface area contributed by atoms with Gasteiger partial charge in [-0.05, 0) is 18.6 Å². The standard InChI is InChI=1S/C12H15F2NO2/c1-8-3-4-9(12(14)11(8)13)10(16)7-15-5-6-17-2/h3-4,15H,5-7H2,1-2H3. The number of carbonyl (C=O) groups is 1. The van der Waals surface area contributed by atoms with E-state index in [-0.39, 0.29) is 17.7 Å². The molecule has 1 N–H and O–H groups in total. The molecular formula is C12H15F2NO2. The van der Waals surface area contributed by atoms with Crippen molar-refractivity contribution in [2.75, 3.05) is 26.8 Å². The number of carbonyl (C=O) groups excluding carboxylic acids is 1. The lowest BCUT2D eigenvalue weighted by Crippen LogP contribution is -2.27. The highest BCUT2D eigenvalue weighted by molar-refractivity contribution is 5.97. The Bertz CT molecular complexity index is 408. The van der Waals surface area contributed by atoms with Crippen molar-refractivity contribution in [3.05, 3.63) is 34.9 Å². The molecule has 0 aliphatic carbocycles. The molecule has 0 aromatic heterocycles. The van der Waals surface area contributed by atoms with Gasteiger partial charge in [-0.3, -0.25) is 4.79 Å². The molecule has 0 unspecified atom stereocenters. The summed E-state index contributed by atoms with van der Waals surface area (Å²) >= 11 is 0. The van der Waals surface area contributed by atoms with E-state index < -0.39 is 17.4 Å². The first kappa shape index (κ1) is 13.7. The van der Waals surface area contributed by atoms with Gasteiger partial charge in [0, 0.05) is 13.7 Å². The molecule has 0 aliphatic heterocycles. The first-order valence-corrected chi connectivity index (χ1v) is 5.25. The summed E-state index contributed by atoms with van der Waals surface area (Å²) in [5, 5.41) is 2.78.